The smallest absolute Gasteiger partial charge is 0.356 e. The fourth-order valence-corrected chi connectivity index (χ4v) is 4.40. The van der Waals surface area contributed by atoms with Crippen molar-refractivity contribution in [3.05, 3.63) is 70.8 Å². The molecule has 0 unspecified atom stereocenters. The number of hydrogen-bond donors (Lipinski definition) is 0. The Bertz CT molecular complexity index is 1120. The molecule has 0 atom stereocenters. The van der Waals surface area contributed by atoms with Crippen molar-refractivity contribution < 1.29 is 26.3 Å². The highest BCUT2D eigenvalue weighted by Crippen LogP contribution is 2.37. The highest BCUT2D eigenvalue weighted by Gasteiger charge is 2.36. The van der Waals surface area contributed by atoms with E-state index in [4.69, 9.17) is 4.98 Å². The summed E-state index contributed by atoms with van der Waals surface area (Å²) >= 11 is 0. The number of benzene rings is 2. The Hall–Kier alpha value is -2.77. The Morgan fingerprint density at radius 3 is 2.09 bits per heavy atom. The summed E-state index contributed by atoms with van der Waals surface area (Å²) in [5, 5.41) is 0.890. The predicted octanol–water partition coefficient (Wildman–Crippen LogP) is 7.68. The lowest BCUT2D eigenvalue weighted by molar-refractivity contribution is -0.143. The molecule has 0 saturated heterocycles. The molecule has 0 bridgehead atoms. The largest absolute Gasteiger partial charge is 0.416 e. The number of nitrogens with zero attached hydrogens (tertiary/aromatic N) is 2. The summed E-state index contributed by atoms with van der Waals surface area (Å²) < 4.78 is 79.6. The first kappa shape index (κ1) is 24.4. The van der Waals surface area contributed by atoms with Crippen LogP contribution in [0.1, 0.15) is 48.4 Å². The van der Waals surface area contributed by atoms with Crippen LogP contribution in [0.4, 0.5) is 32.2 Å². The van der Waals surface area contributed by atoms with Gasteiger partial charge in [0, 0.05) is 18.5 Å². The molecule has 3 aromatic rings. The molecule has 0 aliphatic heterocycles. The maximum Gasteiger partial charge on any atom is 0.416 e. The molecule has 1 saturated carbocycles. The summed E-state index contributed by atoms with van der Waals surface area (Å²) in [6, 6.07) is 11.3. The molecular weight excluding hydrogens is 454 g/mol. The summed E-state index contributed by atoms with van der Waals surface area (Å²) in [5.74, 6) is 1.34. The lowest BCUT2D eigenvalue weighted by Gasteiger charge is -2.33. The molecule has 1 aliphatic carbocycles. The molecule has 34 heavy (non-hydrogen) atoms. The van der Waals surface area contributed by atoms with E-state index in [1.165, 1.54) is 6.42 Å². The van der Waals surface area contributed by atoms with Gasteiger partial charge in [0.1, 0.15) is 5.82 Å². The van der Waals surface area contributed by atoms with Crippen LogP contribution < -0.4 is 4.90 Å². The van der Waals surface area contributed by atoms with Crippen LogP contribution in [0, 0.1) is 5.92 Å². The third-order valence-corrected chi connectivity index (χ3v) is 6.50. The Morgan fingerprint density at radius 2 is 1.53 bits per heavy atom. The highest BCUT2D eigenvalue weighted by atomic mass is 19.4. The average molecular weight is 480 g/mol. The van der Waals surface area contributed by atoms with Gasteiger partial charge >= 0.3 is 12.4 Å². The van der Waals surface area contributed by atoms with Gasteiger partial charge in [-0.25, -0.2) is 4.98 Å². The molecule has 1 fully saturated rings. The first-order chi connectivity index (χ1) is 16.0. The minimum Gasteiger partial charge on any atom is -0.356 e. The van der Waals surface area contributed by atoms with Crippen molar-refractivity contribution in [2.45, 2.75) is 51.4 Å². The SMILES string of the molecule is CCN(CC1CCC1)c1nc2ccccc2cc1CCc1cc(C(F)(F)F)cc(C(F)(F)F)c1. The topological polar surface area (TPSA) is 16.1 Å². The first-order valence-corrected chi connectivity index (χ1v) is 11.5. The lowest BCUT2D eigenvalue weighted by atomic mass is 9.85. The number of aromatic nitrogens is 1. The van der Waals surface area contributed by atoms with Crippen LogP contribution in [0.15, 0.2) is 48.5 Å². The van der Waals surface area contributed by atoms with Crippen LogP contribution in [-0.4, -0.2) is 18.1 Å². The molecule has 0 radical (unpaired) electrons. The van der Waals surface area contributed by atoms with E-state index in [1.807, 2.05) is 37.3 Å². The number of para-hydroxylation sites is 1. The van der Waals surface area contributed by atoms with Crippen LogP contribution in [0.2, 0.25) is 0 Å². The molecule has 0 N–H and O–H groups in total. The van der Waals surface area contributed by atoms with Gasteiger partial charge in [-0.1, -0.05) is 24.6 Å². The third kappa shape index (κ3) is 5.47. The summed E-state index contributed by atoms with van der Waals surface area (Å²) in [6.45, 7) is 3.59. The maximum atomic E-state index is 13.3. The number of aryl methyl sites for hydroxylation is 2. The van der Waals surface area contributed by atoms with Crippen LogP contribution in [0.3, 0.4) is 0 Å². The fraction of sp³-hybridized carbons (Fsp3) is 0.423. The summed E-state index contributed by atoms with van der Waals surface area (Å²) in [6.07, 6.45) is -5.86. The van der Waals surface area contributed by atoms with Crippen molar-refractivity contribution >= 4 is 16.7 Å². The van der Waals surface area contributed by atoms with Crippen molar-refractivity contribution in [2.24, 2.45) is 5.92 Å². The summed E-state index contributed by atoms with van der Waals surface area (Å²) in [7, 11) is 0. The maximum absolute atomic E-state index is 13.3. The third-order valence-electron chi connectivity index (χ3n) is 6.50. The minimum atomic E-state index is -4.85. The monoisotopic (exact) mass is 480 g/mol. The number of anilines is 1. The number of alkyl halides is 6. The van der Waals surface area contributed by atoms with E-state index in [9.17, 15) is 26.3 Å². The Morgan fingerprint density at radius 1 is 0.882 bits per heavy atom. The van der Waals surface area contributed by atoms with Gasteiger partial charge in [-0.2, -0.15) is 26.3 Å². The normalized spacial score (nSPS) is 14.9. The number of pyridine rings is 1. The fourth-order valence-electron chi connectivity index (χ4n) is 4.40. The van der Waals surface area contributed by atoms with Gasteiger partial charge in [0.15, 0.2) is 0 Å². The molecule has 1 heterocycles. The number of rotatable bonds is 7. The van der Waals surface area contributed by atoms with Gasteiger partial charge in [0.2, 0.25) is 0 Å². The second kappa shape index (κ2) is 9.47. The zero-order valence-electron chi connectivity index (χ0n) is 18.8. The van der Waals surface area contributed by atoms with E-state index in [0.29, 0.717) is 5.92 Å². The molecule has 1 aromatic heterocycles. The van der Waals surface area contributed by atoms with Crippen LogP contribution >= 0.6 is 0 Å². The molecule has 4 rings (SSSR count). The molecule has 8 heteroatoms. The Labute approximate surface area is 194 Å². The van der Waals surface area contributed by atoms with E-state index in [-0.39, 0.29) is 24.5 Å². The standard InChI is InChI=1S/C26H26F6N2/c1-2-34(16-17-6-5-7-17)24-20(14-19-8-3-4-9-23(19)33-24)11-10-18-12-21(25(27,28)29)15-22(13-18)26(30,31)32/h3-4,8-9,12-15,17H,2,5-7,10-11,16H2,1H3. The van der Waals surface area contributed by atoms with Gasteiger partial charge in [-0.15, -0.1) is 0 Å². The van der Waals surface area contributed by atoms with Crippen molar-refractivity contribution in [2.75, 3.05) is 18.0 Å². The average Bonchev–Trinajstić information content (AvgIpc) is 2.75. The second-order valence-corrected chi connectivity index (χ2v) is 8.91. The van der Waals surface area contributed by atoms with E-state index in [0.717, 1.165) is 60.3 Å². The van der Waals surface area contributed by atoms with Gasteiger partial charge < -0.3 is 4.90 Å². The van der Waals surface area contributed by atoms with Gasteiger partial charge in [-0.05, 0) is 80.0 Å². The predicted molar refractivity (Wildman–Crippen MR) is 121 cm³/mol. The number of fused-ring (bicyclic) bond motifs is 1. The van der Waals surface area contributed by atoms with Crippen LogP contribution in [-0.2, 0) is 25.2 Å². The van der Waals surface area contributed by atoms with Gasteiger partial charge in [0.25, 0.3) is 0 Å². The van der Waals surface area contributed by atoms with E-state index < -0.39 is 23.5 Å². The van der Waals surface area contributed by atoms with E-state index >= 15 is 0 Å². The second-order valence-electron chi connectivity index (χ2n) is 8.91. The van der Waals surface area contributed by atoms with Crippen molar-refractivity contribution in [3.8, 4) is 0 Å². The van der Waals surface area contributed by atoms with Crippen LogP contribution in [0.5, 0.6) is 0 Å². The van der Waals surface area contributed by atoms with Crippen molar-refractivity contribution in [1.82, 2.24) is 4.98 Å². The quantitative estimate of drug-likeness (QED) is 0.323. The van der Waals surface area contributed by atoms with Gasteiger partial charge in [-0.3, -0.25) is 0 Å². The number of hydrogen-bond acceptors (Lipinski definition) is 2. The molecule has 2 aromatic carbocycles. The van der Waals surface area contributed by atoms with Crippen molar-refractivity contribution in [1.29, 1.82) is 0 Å². The van der Waals surface area contributed by atoms with E-state index in [2.05, 4.69) is 4.90 Å². The molecule has 2 nitrogen and oxygen atoms in total. The Kier molecular flexibility index (Phi) is 6.78. The number of halogens is 6. The Balaban J connectivity index is 1.68. The highest BCUT2D eigenvalue weighted by molar-refractivity contribution is 5.81. The minimum absolute atomic E-state index is 0.00306. The molecule has 0 spiro atoms. The first-order valence-electron chi connectivity index (χ1n) is 11.5. The van der Waals surface area contributed by atoms with E-state index in [1.54, 1.807) is 0 Å². The zero-order chi connectivity index (χ0) is 24.5. The van der Waals surface area contributed by atoms with Crippen LogP contribution in [0.25, 0.3) is 10.9 Å². The molecule has 0 amide bonds. The summed E-state index contributed by atoms with van der Waals surface area (Å²) in [5.41, 5.74) is -0.926. The van der Waals surface area contributed by atoms with Gasteiger partial charge in [0.05, 0.1) is 16.6 Å². The molecule has 1 aliphatic rings. The summed E-state index contributed by atoms with van der Waals surface area (Å²) in [4.78, 5) is 7.03. The molecular formula is C26H26F6N2. The van der Waals surface area contributed by atoms with Crippen molar-refractivity contribution in [3.63, 3.8) is 0 Å². The lowest BCUT2D eigenvalue weighted by Crippen LogP contribution is -2.33. The molecule has 182 valence electrons. The zero-order valence-corrected chi connectivity index (χ0v) is 18.8.